The Bertz CT molecular complexity index is 484. The van der Waals surface area contributed by atoms with Crippen molar-refractivity contribution < 1.29 is 0 Å². The van der Waals surface area contributed by atoms with E-state index < -0.39 is 0 Å². The monoisotopic (exact) mass is 188 g/mol. The quantitative estimate of drug-likeness (QED) is 0.674. The van der Waals surface area contributed by atoms with Crippen LogP contribution in [0.5, 0.6) is 0 Å². The first-order valence-corrected chi connectivity index (χ1v) is 4.46. The minimum Gasteiger partial charge on any atom is -0.266 e. The van der Waals surface area contributed by atoms with Crippen LogP contribution in [-0.4, -0.2) is 19.7 Å². The number of allylic oxidation sites excluding steroid dienone is 1. The lowest BCUT2D eigenvalue weighted by Crippen LogP contribution is -1.98. The molecule has 0 bridgehead atoms. The standard InChI is InChI=1S/C10H12N4/c1-7(2)4-14-5-9-8(3)11-6-12-10(9)13-14/h5-6H,1,4H2,2-3H3. The van der Waals surface area contributed by atoms with Crippen molar-refractivity contribution in [3.05, 3.63) is 30.4 Å². The van der Waals surface area contributed by atoms with Crippen molar-refractivity contribution in [1.82, 2.24) is 19.7 Å². The zero-order valence-electron chi connectivity index (χ0n) is 8.36. The average molecular weight is 188 g/mol. The summed E-state index contributed by atoms with van der Waals surface area (Å²) < 4.78 is 1.84. The molecule has 2 heterocycles. The van der Waals surface area contributed by atoms with E-state index in [4.69, 9.17) is 0 Å². The zero-order valence-corrected chi connectivity index (χ0v) is 8.36. The number of nitrogens with zero attached hydrogens (tertiary/aromatic N) is 4. The Balaban J connectivity index is 2.51. The molecule has 0 aromatic carbocycles. The molecule has 14 heavy (non-hydrogen) atoms. The highest BCUT2D eigenvalue weighted by molar-refractivity contribution is 5.75. The van der Waals surface area contributed by atoms with Gasteiger partial charge < -0.3 is 0 Å². The van der Waals surface area contributed by atoms with Gasteiger partial charge in [0.2, 0.25) is 0 Å². The number of aromatic nitrogens is 4. The SMILES string of the molecule is C=C(C)Cn1cc2c(C)ncnc2n1. The summed E-state index contributed by atoms with van der Waals surface area (Å²) in [6.45, 7) is 8.51. The second-order valence-electron chi connectivity index (χ2n) is 3.48. The van der Waals surface area contributed by atoms with Crippen LogP contribution in [0.4, 0.5) is 0 Å². The van der Waals surface area contributed by atoms with Crippen molar-refractivity contribution in [1.29, 1.82) is 0 Å². The fourth-order valence-electron chi connectivity index (χ4n) is 1.36. The third-order valence-electron chi connectivity index (χ3n) is 2.00. The molecule has 0 aliphatic rings. The number of aryl methyl sites for hydroxylation is 1. The zero-order chi connectivity index (χ0) is 10.1. The van der Waals surface area contributed by atoms with Gasteiger partial charge in [-0.15, -0.1) is 0 Å². The maximum Gasteiger partial charge on any atom is 0.184 e. The van der Waals surface area contributed by atoms with Gasteiger partial charge in [-0.05, 0) is 13.8 Å². The molecule has 0 N–H and O–H groups in total. The molecule has 4 heteroatoms. The molecule has 0 saturated carbocycles. The highest BCUT2D eigenvalue weighted by Gasteiger charge is 2.04. The van der Waals surface area contributed by atoms with Gasteiger partial charge in [0.1, 0.15) is 6.33 Å². The van der Waals surface area contributed by atoms with Gasteiger partial charge in [-0.3, -0.25) is 4.68 Å². The van der Waals surface area contributed by atoms with Crippen molar-refractivity contribution in [2.24, 2.45) is 0 Å². The van der Waals surface area contributed by atoms with E-state index in [1.807, 2.05) is 24.7 Å². The summed E-state index contributed by atoms with van der Waals surface area (Å²) in [5.41, 5.74) is 2.78. The molecule has 0 fully saturated rings. The molecular formula is C10H12N4. The summed E-state index contributed by atoms with van der Waals surface area (Å²) in [7, 11) is 0. The summed E-state index contributed by atoms with van der Waals surface area (Å²) in [5.74, 6) is 0. The topological polar surface area (TPSA) is 43.6 Å². The molecule has 0 amide bonds. The molecule has 0 aliphatic carbocycles. The minimum atomic E-state index is 0.732. The smallest absolute Gasteiger partial charge is 0.184 e. The largest absolute Gasteiger partial charge is 0.266 e. The fourth-order valence-corrected chi connectivity index (χ4v) is 1.36. The first-order valence-electron chi connectivity index (χ1n) is 4.46. The van der Waals surface area contributed by atoms with Crippen molar-refractivity contribution in [3.8, 4) is 0 Å². The average Bonchev–Trinajstić information content (AvgIpc) is 2.47. The van der Waals surface area contributed by atoms with E-state index in [2.05, 4.69) is 21.6 Å². The number of hydrogen-bond acceptors (Lipinski definition) is 3. The molecule has 4 nitrogen and oxygen atoms in total. The molecule has 0 aliphatic heterocycles. The lowest BCUT2D eigenvalue weighted by Gasteiger charge is -1.97. The van der Waals surface area contributed by atoms with E-state index in [1.165, 1.54) is 6.33 Å². The highest BCUT2D eigenvalue weighted by Crippen LogP contribution is 2.12. The Labute approximate surface area is 82.3 Å². The molecule has 0 spiro atoms. The van der Waals surface area contributed by atoms with E-state index in [0.29, 0.717) is 0 Å². The van der Waals surface area contributed by atoms with Gasteiger partial charge >= 0.3 is 0 Å². The normalized spacial score (nSPS) is 10.7. The molecular weight excluding hydrogens is 176 g/mol. The van der Waals surface area contributed by atoms with Gasteiger partial charge in [0, 0.05) is 6.20 Å². The van der Waals surface area contributed by atoms with Crippen LogP contribution < -0.4 is 0 Å². The second kappa shape index (κ2) is 3.21. The first-order chi connectivity index (χ1) is 6.66. The molecule has 0 unspecified atom stereocenters. The van der Waals surface area contributed by atoms with Crippen LogP contribution in [0.15, 0.2) is 24.7 Å². The van der Waals surface area contributed by atoms with Gasteiger partial charge in [-0.2, -0.15) is 5.10 Å². The summed E-state index contributed by atoms with van der Waals surface area (Å²) in [4.78, 5) is 8.21. The van der Waals surface area contributed by atoms with E-state index in [0.717, 1.165) is 28.8 Å². The minimum absolute atomic E-state index is 0.732. The molecule has 0 atom stereocenters. The number of fused-ring (bicyclic) bond motifs is 1. The van der Waals surface area contributed by atoms with Gasteiger partial charge in [0.15, 0.2) is 5.65 Å². The van der Waals surface area contributed by atoms with Crippen LogP contribution in [0.3, 0.4) is 0 Å². The maximum absolute atomic E-state index is 4.32. The molecule has 0 radical (unpaired) electrons. The predicted octanol–water partition coefficient (Wildman–Crippen LogP) is 1.71. The van der Waals surface area contributed by atoms with Crippen LogP contribution in [0.25, 0.3) is 11.0 Å². The van der Waals surface area contributed by atoms with Crippen LogP contribution >= 0.6 is 0 Å². The Morgan fingerprint density at radius 1 is 1.50 bits per heavy atom. The predicted molar refractivity (Wildman–Crippen MR) is 54.9 cm³/mol. The summed E-state index contributed by atoms with van der Waals surface area (Å²) in [6.07, 6.45) is 3.50. The van der Waals surface area contributed by atoms with Crippen molar-refractivity contribution >= 4 is 11.0 Å². The lowest BCUT2D eigenvalue weighted by molar-refractivity contribution is 0.685. The summed E-state index contributed by atoms with van der Waals surface area (Å²) >= 11 is 0. The molecule has 72 valence electrons. The molecule has 2 rings (SSSR count). The van der Waals surface area contributed by atoms with E-state index in [-0.39, 0.29) is 0 Å². The summed E-state index contributed by atoms with van der Waals surface area (Å²) in [5, 5.41) is 5.33. The Morgan fingerprint density at radius 3 is 2.93 bits per heavy atom. The Hall–Kier alpha value is -1.71. The third-order valence-corrected chi connectivity index (χ3v) is 2.00. The van der Waals surface area contributed by atoms with Gasteiger partial charge in [-0.25, -0.2) is 9.97 Å². The maximum atomic E-state index is 4.32. The molecule has 2 aromatic rings. The number of hydrogen-bond donors (Lipinski definition) is 0. The van der Waals surface area contributed by atoms with E-state index in [9.17, 15) is 0 Å². The van der Waals surface area contributed by atoms with Crippen LogP contribution in [-0.2, 0) is 6.54 Å². The molecule has 0 saturated heterocycles. The Kier molecular flexibility index (Phi) is 2.04. The van der Waals surface area contributed by atoms with Gasteiger partial charge in [0.25, 0.3) is 0 Å². The summed E-state index contributed by atoms with van der Waals surface area (Å²) in [6, 6.07) is 0. The second-order valence-corrected chi connectivity index (χ2v) is 3.48. The van der Waals surface area contributed by atoms with Crippen molar-refractivity contribution in [3.63, 3.8) is 0 Å². The van der Waals surface area contributed by atoms with Gasteiger partial charge in [-0.1, -0.05) is 12.2 Å². The van der Waals surface area contributed by atoms with Gasteiger partial charge in [0.05, 0.1) is 17.6 Å². The number of rotatable bonds is 2. The van der Waals surface area contributed by atoms with Crippen LogP contribution in [0, 0.1) is 6.92 Å². The van der Waals surface area contributed by atoms with E-state index >= 15 is 0 Å². The van der Waals surface area contributed by atoms with E-state index in [1.54, 1.807) is 0 Å². The fraction of sp³-hybridized carbons (Fsp3) is 0.300. The van der Waals surface area contributed by atoms with Crippen molar-refractivity contribution in [2.45, 2.75) is 20.4 Å². The Morgan fingerprint density at radius 2 is 2.29 bits per heavy atom. The third kappa shape index (κ3) is 1.51. The first kappa shape index (κ1) is 8.87. The lowest BCUT2D eigenvalue weighted by atomic mass is 10.3. The molecule has 2 aromatic heterocycles. The highest BCUT2D eigenvalue weighted by atomic mass is 15.3. The van der Waals surface area contributed by atoms with Crippen LogP contribution in [0.2, 0.25) is 0 Å². The van der Waals surface area contributed by atoms with Crippen molar-refractivity contribution in [2.75, 3.05) is 0 Å². The van der Waals surface area contributed by atoms with Crippen LogP contribution in [0.1, 0.15) is 12.6 Å².